The van der Waals surface area contributed by atoms with Crippen molar-refractivity contribution in [1.29, 1.82) is 0 Å². The molecule has 3 fully saturated rings. The Morgan fingerprint density at radius 3 is 2.56 bits per heavy atom. The van der Waals surface area contributed by atoms with Gasteiger partial charge in [0.25, 0.3) is 17.5 Å². The van der Waals surface area contributed by atoms with Crippen LogP contribution >= 0.6 is 0 Å². The Morgan fingerprint density at radius 2 is 1.93 bits per heavy atom. The van der Waals surface area contributed by atoms with Gasteiger partial charge in [-0.2, -0.15) is 0 Å². The number of non-ortho nitro benzene ring substituents is 1. The molecule has 0 aliphatic carbocycles. The minimum Gasteiger partial charge on any atom is -0.368 e. The molecule has 9 nitrogen and oxygen atoms in total. The van der Waals surface area contributed by atoms with Gasteiger partial charge >= 0.3 is 0 Å². The number of ether oxygens (including phenoxy) is 1. The van der Waals surface area contributed by atoms with Crippen LogP contribution in [0.5, 0.6) is 0 Å². The molecule has 0 spiro atoms. The molecule has 2 bridgehead atoms. The summed E-state index contributed by atoms with van der Waals surface area (Å²) in [6, 6.07) is 6.18. The third kappa shape index (κ3) is 2.49. The number of carbonyl (C=O) groups excluding carboxylic acids is 2. The molecule has 3 saturated heterocycles. The van der Waals surface area contributed by atoms with E-state index in [1.165, 1.54) is 12.1 Å². The van der Waals surface area contributed by atoms with Crippen molar-refractivity contribution < 1.29 is 19.2 Å². The highest BCUT2D eigenvalue weighted by Gasteiger charge is 2.49. The predicted octanol–water partition coefficient (Wildman–Crippen LogP) is 1.29. The first-order chi connectivity index (χ1) is 13.0. The van der Waals surface area contributed by atoms with Crippen LogP contribution in [0.2, 0.25) is 0 Å². The highest BCUT2D eigenvalue weighted by atomic mass is 16.6. The van der Waals surface area contributed by atoms with Crippen molar-refractivity contribution >= 4 is 28.4 Å². The van der Waals surface area contributed by atoms with Crippen molar-refractivity contribution in [2.75, 3.05) is 19.7 Å². The molecule has 3 aliphatic rings. The summed E-state index contributed by atoms with van der Waals surface area (Å²) in [7, 11) is 0. The van der Waals surface area contributed by atoms with E-state index in [-0.39, 0.29) is 35.7 Å². The average molecular weight is 370 g/mol. The van der Waals surface area contributed by atoms with E-state index in [2.05, 4.69) is 4.98 Å². The fourth-order valence-corrected chi connectivity index (χ4v) is 4.30. The molecular formula is C18H18N4O5. The standard InChI is InChI=1S/C18H18N4O5/c23-17(15-6-10-5-11(22(25)26)1-2-14(10)19-15)20-8-13-7-12(20)9-21(13)18(24)16-3-4-27-16/h1-2,5-6,12-13,16,19H,3-4,7-9H2/t12-,13-,16?/m0/s1. The van der Waals surface area contributed by atoms with Gasteiger partial charge in [-0.15, -0.1) is 0 Å². The number of amides is 2. The molecule has 4 heterocycles. The SMILES string of the molecule is O=C(c1cc2cc([N+](=O)[O-])ccc2[nH]1)N1C[C@@H]2C[C@H]1CN2C(=O)C1CCO1. The molecule has 140 valence electrons. The number of benzene rings is 1. The first kappa shape index (κ1) is 16.2. The number of nitro groups is 1. The second kappa shape index (κ2) is 5.78. The number of aromatic nitrogens is 1. The van der Waals surface area contributed by atoms with Crippen molar-refractivity contribution in [3.8, 4) is 0 Å². The number of likely N-dealkylation sites (tertiary alicyclic amines) is 2. The largest absolute Gasteiger partial charge is 0.368 e. The molecule has 0 saturated carbocycles. The van der Waals surface area contributed by atoms with Gasteiger partial charge in [0.1, 0.15) is 11.8 Å². The van der Waals surface area contributed by atoms with E-state index in [9.17, 15) is 19.7 Å². The van der Waals surface area contributed by atoms with Crippen LogP contribution in [0.25, 0.3) is 10.9 Å². The maximum Gasteiger partial charge on any atom is 0.270 e. The summed E-state index contributed by atoms with van der Waals surface area (Å²) in [5, 5.41) is 11.6. The van der Waals surface area contributed by atoms with E-state index in [1.54, 1.807) is 17.0 Å². The zero-order valence-corrected chi connectivity index (χ0v) is 14.5. The second-order valence-corrected chi connectivity index (χ2v) is 7.35. The lowest BCUT2D eigenvalue weighted by molar-refractivity contribution is -0.384. The van der Waals surface area contributed by atoms with Crippen molar-refractivity contribution in [3.05, 3.63) is 40.1 Å². The number of nitro benzene ring substituents is 1. The minimum atomic E-state index is -0.454. The van der Waals surface area contributed by atoms with E-state index in [4.69, 9.17) is 4.74 Å². The molecule has 1 aromatic heterocycles. The number of hydrogen-bond acceptors (Lipinski definition) is 5. The number of nitrogens with one attached hydrogen (secondary N) is 1. The summed E-state index contributed by atoms with van der Waals surface area (Å²) < 4.78 is 5.29. The highest BCUT2D eigenvalue weighted by Crippen LogP contribution is 2.34. The Bertz CT molecular complexity index is 966. The topological polar surface area (TPSA) is 109 Å². The van der Waals surface area contributed by atoms with Crippen molar-refractivity contribution in [2.45, 2.75) is 31.0 Å². The zero-order valence-electron chi connectivity index (χ0n) is 14.5. The third-order valence-corrected chi connectivity index (χ3v) is 5.80. The summed E-state index contributed by atoms with van der Waals surface area (Å²) >= 11 is 0. The van der Waals surface area contributed by atoms with Gasteiger partial charge in [-0.3, -0.25) is 19.7 Å². The number of nitrogens with zero attached hydrogens (tertiary/aromatic N) is 3. The molecule has 1 unspecified atom stereocenters. The minimum absolute atomic E-state index is 0.00639. The number of H-pyrrole nitrogens is 1. The van der Waals surface area contributed by atoms with Crippen molar-refractivity contribution in [1.82, 2.24) is 14.8 Å². The van der Waals surface area contributed by atoms with Crippen molar-refractivity contribution in [2.24, 2.45) is 0 Å². The Labute approximate surface area is 154 Å². The summed E-state index contributed by atoms with van der Waals surface area (Å²) in [6.45, 7) is 1.69. The van der Waals surface area contributed by atoms with Gasteiger partial charge in [0.15, 0.2) is 0 Å². The van der Waals surface area contributed by atoms with Gasteiger partial charge in [0.2, 0.25) is 0 Å². The maximum absolute atomic E-state index is 12.9. The van der Waals surface area contributed by atoms with E-state index in [0.717, 1.165) is 12.8 Å². The molecule has 2 amide bonds. The van der Waals surface area contributed by atoms with Gasteiger partial charge in [0.05, 0.1) is 23.6 Å². The van der Waals surface area contributed by atoms with Crippen LogP contribution in [-0.2, 0) is 9.53 Å². The first-order valence-electron chi connectivity index (χ1n) is 9.01. The molecular weight excluding hydrogens is 352 g/mol. The molecule has 9 heteroatoms. The first-order valence-corrected chi connectivity index (χ1v) is 9.01. The van der Waals surface area contributed by atoms with E-state index < -0.39 is 4.92 Å². The molecule has 0 radical (unpaired) electrons. The second-order valence-electron chi connectivity index (χ2n) is 7.35. The van der Waals surface area contributed by atoms with Crippen LogP contribution in [0.4, 0.5) is 5.69 Å². The van der Waals surface area contributed by atoms with E-state index in [1.807, 2.05) is 4.90 Å². The Kier molecular flexibility index (Phi) is 3.48. The highest BCUT2D eigenvalue weighted by molar-refractivity contribution is 5.99. The summed E-state index contributed by atoms with van der Waals surface area (Å²) in [5.41, 5.74) is 1.10. The Balaban J connectivity index is 1.33. The maximum atomic E-state index is 12.9. The lowest BCUT2D eigenvalue weighted by Gasteiger charge is -2.37. The normalized spacial score (nSPS) is 26.4. The molecule has 5 rings (SSSR count). The van der Waals surface area contributed by atoms with Gasteiger partial charge in [-0.05, 0) is 18.6 Å². The molecule has 3 atom stereocenters. The monoisotopic (exact) mass is 370 g/mol. The number of rotatable bonds is 3. The van der Waals surface area contributed by atoms with E-state index >= 15 is 0 Å². The summed E-state index contributed by atoms with van der Waals surface area (Å²) in [4.78, 5) is 42.5. The number of hydrogen-bond donors (Lipinski definition) is 1. The fourth-order valence-electron chi connectivity index (χ4n) is 4.30. The smallest absolute Gasteiger partial charge is 0.270 e. The van der Waals surface area contributed by atoms with Crippen LogP contribution in [-0.4, -0.2) is 69.4 Å². The number of fused-ring (bicyclic) bond motifs is 3. The molecule has 27 heavy (non-hydrogen) atoms. The van der Waals surface area contributed by atoms with Gasteiger partial charge in [-0.25, -0.2) is 0 Å². The molecule has 1 aromatic carbocycles. The average Bonchev–Trinajstić information content (AvgIpc) is 3.31. The Morgan fingerprint density at radius 1 is 1.19 bits per heavy atom. The predicted molar refractivity (Wildman–Crippen MR) is 94.3 cm³/mol. The van der Waals surface area contributed by atoms with Gasteiger partial charge in [0, 0.05) is 42.5 Å². The number of aromatic amines is 1. The van der Waals surface area contributed by atoms with Crippen molar-refractivity contribution in [3.63, 3.8) is 0 Å². The van der Waals surface area contributed by atoms with Gasteiger partial charge < -0.3 is 19.5 Å². The lowest BCUT2D eigenvalue weighted by Crippen LogP contribution is -2.54. The fraction of sp³-hybridized carbons (Fsp3) is 0.444. The molecule has 1 N–H and O–H groups in total. The summed E-state index contributed by atoms with van der Waals surface area (Å²) in [6.07, 6.45) is 1.25. The number of piperazine rings is 1. The van der Waals surface area contributed by atoms with Crippen LogP contribution in [0.15, 0.2) is 24.3 Å². The van der Waals surface area contributed by atoms with Crippen LogP contribution in [0.3, 0.4) is 0 Å². The van der Waals surface area contributed by atoms with E-state index in [0.29, 0.717) is 36.3 Å². The third-order valence-electron chi connectivity index (χ3n) is 5.80. The Hall–Kier alpha value is -2.94. The van der Waals surface area contributed by atoms with Crippen LogP contribution < -0.4 is 0 Å². The van der Waals surface area contributed by atoms with Crippen LogP contribution in [0.1, 0.15) is 23.3 Å². The number of carbonyl (C=O) groups is 2. The van der Waals surface area contributed by atoms with Crippen LogP contribution in [0, 0.1) is 10.1 Å². The van der Waals surface area contributed by atoms with Gasteiger partial charge in [-0.1, -0.05) is 0 Å². The molecule has 3 aliphatic heterocycles. The summed E-state index contributed by atoms with van der Waals surface area (Å²) in [5.74, 6) is -0.0906. The quantitative estimate of drug-likeness (QED) is 0.647. The lowest BCUT2D eigenvalue weighted by atomic mass is 10.1. The molecule has 2 aromatic rings. The zero-order chi connectivity index (χ0) is 18.7.